The normalized spacial score (nSPS) is 19.0. The lowest BCUT2D eigenvalue weighted by atomic mass is 10.0. The van der Waals surface area contributed by atoms with Crippen molar-refractivity contribution < 1.29 is 9.64 Å². The Morgan fingerprint density at radius 2 is 2.04 bits per heavy atom. The number of quaternary nitrogens is 1. The molecule has 2 aromatic rings. The predicted molar refractivity (Wildman–Crippen MR) is 101 cm³/mol. The van der Waals surface area contributed by atoms with Gasteiger partial charge < -0.3 is 9.64 Å². The number of tetrazole rings is 1. The van der Waals surface area contributed by atoms with E-state index in [1.54, 1.807) is 0 Å². The molecule has 142 valence electrons. The highest BCUT2D eigenvalue weighted by atomic mass is 35.5. The van der Waals surface area contributed by atoms with Crippen molar-refractivity contribution in [2.45, 2.75) is 64.8 Å². The number of ether oxygens (including phenoxy) is 1. The van der Waals surface area contributed by atoms with Crippen LogP contribution in [-0.4, -0.2) is 39.5 Å². The molecule has 1 aliphatic heterocycles. The van der Waals surface area contributed by atoms with Crippen LogP contribution in [0.1, 0.15) is 51.4 Å². The molecule has 2 heterocycles. The first-order valence-electron chi connectivity index (χ1n) is 9.45. The summed E-state index contributed by atoms with van der Waals surface area (Å²) in [5.74, 6) is 0.929. The molecule has 0 aliphatic carbocycles. The van der Waals surface area contributed by atoms with Crippen LogP contribution in [0.2, 0.25) is 5.02 Å². The van der Waals surface area contributed by atoms with Crippen molar-refractivity contribution in [3.8, 4) is 0 Å². The molecule has 1 fully saturated rings. The number of hydrogen-bond donors (Lipinski definition) is 1. The zero-order chi connectivity index (χ0) is 18.6. The van der Waals surface area contributed by atoms with Gasteiger partial charge in [-0.2, -0.15) is 0 Å². The van der Waals surface area contributed by atoms with E-state index in [1.165, 1.54) is 10.5 Å². The maximum absolute atomic E-state index is 6.03. The minimum absolute atomic E-state index is 0.0892. The zero-order valence-corrected chi connectivity index (χ0v) is 16.7. The van der Waals surface area contributed by atoms with Gasteiger partial charge in [0.15, 0.2) is 0 Å². The molecule has 1 unspecified atom stereocenters. The van der Waals surface area contributed by atoms with Gasteiger partial charge in [-0.15, -0.1) is 5.10 Å². The Labute approximate surface area is 160 Å². The SMILES string of the molecule is CCC(C)(C)n1nnnc1C[NH+](Cc1ccc(Cl)cc1)C[C@@H]1CCCO1. The highest BCUT2D eigenvalue weighted by Crippen LogP contribution is 2.18. The summed E-state index contributed by atoms with van der Waals surface area (Å²) in [7, 11) is 0. The van der Waals surface area contributed by atoms with Crippen molar-refractivity contribution in [3.63, 3.8) is 0 Å². The molecule has 0 bridgehead atoms. The fourth-order valence-corrected chi connectivity index (χ4v) is 3.51. The Hall–Kier alpha value is -1.50. The summed E-state index contributed by atoms with van der Waals surface area (Å²) in [4.78, 5) is 1.40. The minimum atomic E-state index is -0.0892. The molecule has 6 nitrogen and oxygen atoms in total. The van der Waals surface area contributed by atoms with Crippen LogP contribution in [0.5, 0.6) is 0 Å². The molecule has 0 radical (unpaired) electrons. The summed E-state index contributed by atoms with van der Waals surface area (Å²) in [5, 5.41) is 13.3. The number of hydrogen-bond acceptors (Lipinski definition) is 4. The van der Waals surface area contributed by atoms with Crippen molar-refractivity contribution >= 4 is 11.6 Å². The fraction of sp³-hybridized carbons (Fsp3) is 0.632. The number of nitrogens with zero attached hydrogens (tertiary/aromatic N) is 4. The third-order valence-electron chi connectivity index (χ3n) is 5.29. The fourth-order valence-electron chi connectivity index (χ4n) is 3.38. The van der Waals surface area contributed by atoms with Crippen LogP contribution in [0.3, 0.4) is 0 Å². The molecule has 26 heavy (non-hydrogen) atoms. The average Bonchev–Trinajstić information content (AvgIpc) is 3.29. The van der Waals surface area contributed by atoms with E-state index < -0.39 is 0 Å². The van der Waals surface area contributed by atoms with Crippen LogP contribution >= 0.6 is 11.6 Å². The molecular weight excluding hydrogens is 350 g/mol. The number of aromatic nitrogens is 4. The summed E-state index contributed by atoms with van der Waals surface area (Å²) in [5.41, 5.74) is 1.17. The van der Waals surface area contributed by atoms with E-state index >= 15 is 0 Å². The van der Waals surface area contributed by atoms with Gasteiger partial charge >= 0.3 is 0 Å². The van der Waals surface area contributed by atoms with Gasteiger partial charge in [0.05, 0.1) is 5.54 Å². The van der Waals surface area contributed by atoms with Crippen LogP contribution in [0, 0.1) is 0 Å². The second-order valence-corrected chi connectivity index (χ2v) is 8.18. The van der Waals surface area contributed by atoms with Crippen molar-refractivity contribution in [1.29, 1.82) is 0 Å². The lowest BCUT2D eigenvalue weighted by Gasteiger charge is -2.26. The maximum atomic E-state index is 6.03. The first kappa shape index (κ1) is 19.3. The molecule has 1 N–H and O–H groups in total. The number of nitrogens with one attached hydrogen (secondary N) is 1. The van der Waals surface area contributed by atoms with Crippen LogP contribution in [0.15, 0.2) is 24.3 Å². The van der Waals surface area contributed by atoms with E-state index in [1.807, 2.05) is 16.8 Å². The molecular formula is C19H29ClN5O+. The molecule has 1 saturated heterocycles. The monoisotopic (exact) mass is 378 g/mol. The Morgan fingerprint density at radius 3 is 2.69 bits per heavy atom. The van der Waals surface area contributed by atoms with E-state index in [9.17, 15) is 0 Å². The smallest absolute Gasteiger partial charge is 0.206 e. The van der Waals surface area contributed by atoms with Crippen LogP contribution in [0.25, 0.3) is 0 Å². The highest BCUT2D eigenvalue weighted by molar-refractivity contribution is 6.30. The van der Waals surface area contributed by atoms with Gasteiger partial charge in [0.1, 0.15) is 25.7 Å². The van der Waals surface area contributed by atoms with Gasteiger partial charge in [0.2, 0.25) is 5.82 Å². The van der Waals surface area contributed by atoms with Crippen LogP contribution in [0.4, 0.5) is 0 Å². The summed E-state index contributed by atoms with van der Waals surface area (Å²) >= 11 is 6.03. The Balaban J connectivity index is 1.77. The Kier molecular flexibility index (Phi) is 6.27. The van der Waals surface area contributed by atoms with E-state index in [2.05, 4.69) is 48.4 Å². The Morgan fingerprint density at radius 1 is 1.27 bits per heavy atom. The van der Waals surface area contributed by atoms with Crippen molar-refractivity contribution in [3.05, 3.63) is 40.7 Å². The Bertz CT molecular complexity index is 694. The second-order valence-electron chi connectivity index (χ2n) is 7.74. The maximum Gasteiger partial charge on any atom is 0.206 e. The molecule has 3 rings (SSSR count). The average molecular weight is 379 g/mol. The summed E-state index contributed by atoms with van der Waals surface area (Å²) in [6.07, 6.45) is 3.58. The van der Waals surface area contributed by atoms with Gasteiger partial charge in [-0.05, 0) is 55.7 Å². The summed E-state index contributed by atoms with van der Waals surface area (Å²) in [6.45, 7) is 10.0. The lowest BCUT2D eigenvalue weighted by molar-refractivity contribution is -0.931. The largest absolute Gasteiger partial charge is 0.372 e. The highest BCUT2D eigenvalue weighted by Gasteiger charge is 2.28. The molecule has 7 heteroatoms. The van der Waals surface area contributed by atoms with Gasteiger partial charge in [0.25, 0.3) is 0 Å². The lowest BCUT2D eigenvalue weighted by Crippen LogP contribution is -3.10. The third-order valence-corrected chi connectivity index (χ3v) is 5.54. The summed E-state index contributed by atoms with van der Waals surface area (Å²) < 4.78 is 7.85. The molecule has 1 aromatic carbocycles. The molecule has 0 saturated carbocycles. The van der Waals surface area contributed by atoms with Gasteiger partial charge in [-0.25, -0.2) is 4.68 Å². The van der Waals surface area contributed by atoms with Crippen molar-refractivity contribution in [1.82, 2.24) is 20.2 Å². The van der Waals surface area contributed by atoms with E-state index in [-0.39, 0.29) is 5.54 Å². The van der Waals surface area contributed by atoms with Gasteiger partial charge in [-0.1, -0.05) is 30.7 Å². The molecule has 2 atom stereocenters. The molecule has 1 aromatic heterocycles. The second kappa shape index (κ2) is 8.46. The minimum Gasteiger partial charge on any atom is -0.372 e. The molecule has 1 aliphatic rings. The standard InChI is InChI=1S/C19H28ClN5O/c1-4-19(2,3)25-18(21-22-23-25)14-24(13-17-6-5-11-26-17)12-15-7-9-16(20)10-8-15/h7-10,17H,4-6,11-14H2,1-3H3/p+1/t17-/m0/s1. The number of halogens is 1. The predicted octanol–water partition coefficient (Wildman–Crippen LogP) is 2.24. The quantitative estimate of drug-likeness (QED) is 0.765. The van der Waals surface area contributed by atoms with Gasteiger partial charge in [-0.3, -0.25) is 0 Å². The number of benzene rings is 1. The topological polar surface area (TPSA) is 57.3 Å². The third kappa shape index (κ3) is 4.81. The summed E-state index contributed by atoms with van der Waals surface area (Å²) in [6, 6.07) is 8.09. The van der Waals surface area contributed by atoms with Crippen LogP contribution < -0.4 is 4.90 Å². The van der Waals surface area contributed by atoms with E-state index in [0.29, 0.717) is 6.10 Å². The molecule has 0 spiro atoms. The first-order valence-corrected chi connectivity index (χ1v) is 9.83. The van der Waals surface area contributed by atoms with Crippen molar-refractivity contribution in [2.24, 2.45) is 0 Å². The van der Waals surface area contributed by atoms with Gasteiger partial charge in [0, 0.05) is 17.2 Å². The van der Waals surface area contributed by atoms with E-state index in [4.69, 9.17) is 16.3 Å². The molecule has 0 amide bonds. The first-order chi connectivity index (χ1) is 12.5. The zero-order valence-electron chi connectivity index (χ0n) is 15.9. The number of rotatable bonds is 8. The van der Waals surface area contributed by atoms with E-state index in [0.717, 1.165) is 56.4 Å². The van der Waals surface area contributed by atoms with Crippen molar-refractivity contribution in [2.75, 3.05) is 13.2 Å². The van der Waals surface area contributed by atoms with Crippen LogP contribution in [-0.2, 0) is 23.4 Å².